The molecule has 1 atom stereocenters. The molecule has 3 rings (SSSR count). The maximum absolute atomic E-state index is 12.1. The van der Waals surface area contributed by atoms with Gasteiger partial charge in [-0.2, -0.15) is 0 Å². The van der Waals surface area contributed by atoms with Crippen LogP contribution in [0.25, 0.3) is 0 Å². The molecule has 0 bridgehead atoms. The first-order chi connectivity index (χ1) is 10.6. The minimum atomic E-state index is -0.168. The average Bonchev–Trinajstić information content (AvgIpc) is 2.91. The van der Waals surface area contributed by atoms with E-state index in [1.54, 1.807) is 12.5 Å². The summed E-state index contributed by atoms with van der Waals surface area (Å²) in [5.74, 6) is 0. The fourth-order valence-electron chi connectivity index (χ4n) is 2.85. The number of aromatic nitrogens is 2. The summed E-state index contributed by atoms with van der Waals surface area (Å²) < 4.78 is 1.88. The number of halogens is 1. The fourth-order valence-corrected chi connectivity index (χ4v) is 3.04. The average molecular weight is 319 g/mol. The van der Waals surface area contributed by atoms with Gasteiger partial charge in [0.15, 0.2) is 0 Å². The lowest BCUT2D eigenvalue weighted by Crippen LogP contribution is -2.39. The Morgan fingerprint density at radius 3 is 3.14 bits per heavy atom. The number of nitrogens with one attached hydrogen (secondary N) is 2. The van der Waals surface area contributed by atoms with Crippen LogP contribution in [0.5, 0.6) is 0 Å². The molecule has 0 fully saturated rings. The number of rotatable bonds is 3. The predicted octanol–water partition coefficient (Wildman–Crippen LogP) is 2.95. The number of hydrogen-bond donors (Lipinski definition) is 2. The monoisotopic (exact) mass is 318 g/mol. The minimum absolute atomic E-state index is 0.0222. The molecule has 1 aromatic heterocycles. The summed E-state index contributed by atoms with van der Waals surface area (Å²) in [5.41, 5.74) is 3.37. The van der Waals surface area contributed by atoms with Crippen LogP contribution in [0, 0.1) is 0 Å². The molecule has 0 saturated carbocycles. The van der Waals surface area contributed by atoms with Crippen molar-refractivity contribution in [2.24, 2.45) is 7.05 Å². The summed E-state index contributed by atoms with van der Waals surface area (Å²) in [6.45, 7) is 0.456. The number of imidazole rings is 1. The number of nitrogens with zero attached hydrogens (tertiary/aromatic N) is 2. The van der Waals surface area contributed by atoms with Crippen molar-refractivity contribution < 1.29 is 4.79 Å². The number of carbonyl (C=O) groups is 1. The number of carbonyl (C=O) groups excluding carboxylic acids is 1. The van der Waals surface area contributed by atoms with E-state index in [4.69, 9.17) is 11.6 Å². The molecule has 5 nitrogen and oxygen atoms in total. The highest BCUT2D eigenvalue weighted by Gasteiger charge is 2.22. The first-order valence-electron chi connectivity index (χ1n) is 7.41. The summed E-state index contributed by atoms with van der Waals surface area (Å²) in [6, 6.07) is 5.78. The van der Waals surface area contributed by atoms with Crippen molar-refractivity contribution in [3.8, 4) is 0 Å². The zero-order valence-corrected chi connectivity index (χ0v) is 13.2. The van der Waals surface area contributed by atoms with E-state index < -0.39 is 0 Å². The molecule has 0 aliphatic heterocycles. The van der Waals surface area contributed by atoms with Crippen LogP contribution in [0.2, 0.25) is 5.02 Å². The number of urea groups is 1. The fraction of sp³-hybridized carbons (Fsp3) is 0.375. The van der Waals surface area contributed by atoms with Gasteiger partial charge >= 0.3 is 6.03 Å². The normalized spacial score (nSPS) is 16.9. The molecule has 6 heteroatoms. The molecular weight excluding hydrogens is 300 g/mol. The summed E-state index contributed by atoms with van der Waals surface area (Å²) >= 11 is 6.09. The van der Waals surface area contributed by atoms with Crippen LogP contribution < -0.4 is 10.6 Å². The number of aryl methyl sites for hydroxylation is 2. The van der Waals surface area contributed by atoms with Gasteiger partial charge in [0.05, 0.1) is 24.6 Å². The number of benzene rings is 1. The Labute approximate surface area is 134 Å². The lowest BCUT2D eigenvalue weighted by atomic mass is 9.88. The van der Waals surface area contributed by atoms with Gasteiger partial charge in [-0.25, -0.2) is 9.78 Å². The molecule has 0 unspecified atom stereocenters. The molecule has 2 N–H and O–H groups in total. The molecule has 22 heavy (non-hydrogen) atoms. The lowest BCUT2D eigenvalue weighted by Gasteiger charge is -2.26. The predicted molar refractivity (Wildman–Crippen MR) is 85.7 cm³/mol. The molecule has 1 aromatic carbocycles. The second-order valence-corrected chi connectivity index (χ2v) is 6.05. The van der Waals surface area contributed by atoms with E-state index in [1.165, 1.54) is 5.56 Å². The van der Waals surface area contributed by atoms with Gasteiger partial charge in [0, 0.05) is 18.3 Å². The van der Waals surface area contributed by atoms with Gasteiger partial charge in [-0.3, -0.25) is 0 Å². The van der Waals surface area contributed by atoms with Crippen LogP contribution in [0.1, 0.15) is 35.7 Å². The van der Waals surface area contributed by atoms with Crippen LogP contribution in [-0.2, 0) is 20.0 Å². The molecule has 1 aliphatic rings. The van der Waals surface area contributed by atoms with Crippen LogP contribution in [0.15, 0.2) is 30.7 Å². The van der Waals surface area contributed by atoms with E-state index in [9.17, 15) is 4.79 Å². The Balaban J connectivity index is 1.63. The number of fused-ring (bicyclic) bond motifs is 1. The van der Waals surface area contributed by atoms with Crippen molar-refractivity contribution in [3.05, 3.63) is 52.6 Å². The second-order valence-electron chi connectivity index (χ2n) is 5.61. The summed E-state index contributed by atoms with van der Waals surface area (Å²) in [5, 5.41) is 6.63. The van der Waals surface area contributed by atoms with Gasteiger partial charge in [-0.05, 0) is 42.5 Å². The third-order valence-corrected chi connectivity index (χ3v) is 4.31. The van der Waals surface area contributed by atoms with Crippen LogP contribution in [0.3, 0.4) is 0 Å². The van der Waals surface area contributed by atoms with Gasteiger partial charge < -0.3 is 15.2 Å². The highest BCUT2D eigenvalue weighted by molar-refractivity contribution is 6.30. The maximum Gasteiger partial charge on any atom is 0.315 e. The molecular formula is C16H19ClN4O. The van der Waals surface area contributed by atoms with Crippen molar-refractivity contribution in [3.63, 3.8) is 0 Å². The van der Waals surface area contributed by atoms with Crippen molar-refractivity contribution >= 4 is 17.6 Å². The zero-order chi connectivity index (χ0) is 15.5. The number of hydrogen-bond acceptors (Lipinski definition) is 2. The van der Waals surface area contributed by atoms with Crippen LogP contribution in [-0.4, -0.2) is 15.6 Å². The molecule has 0 spiro atoms. The third-order valence-electron chi connectivity index (χ3n) is 4.07. The van der Waals surface area contributed by atoms with Crippen molar-refractivity contribution in [2.45, 2.75) is 31.8 Å². The first kappa shape index (κ1) is 14.9. The molecule has 1 heterocycles. The summed E-state index contributed by atoms with van der Waals surface area (Å²) in [4.78, 5) is 16.2. The van der Waals surface area contributed by atoms with Gasteiger partial charge in [0.2, 0.25) is 0 Å². The van der Waals surface area contributed by atoms with E-state index in [-0.39, 0.29) is 12.1 Å². The van der Waals surface area contributed by atoms with Crippen LogP contribution in [0.4, 0.5) is 4.79 Å². The van der Waals surface area contributed by atoms with Crippen molar-refractivity contribution in [1.29, 1.82) is 0 Å². The van der Waals surface area contributed by atoms with Gasteiger partial charge in [0.25, 0.3) is 0 Å². The van der Waals surface area contributed by atoms with E-state index >= 15 is 0 Å². The van der Waals surface area contributed by atoms with E-state index in [1.807, 2.05) is 23.7 Å². The summed E-state index contributed by atoms with van der Waals surface area (Å²) in [6.07, 6.45) is 6.51. The smallest absolute Gasteiger partial charge is 0.315 e. The highest BCUT2D eigenvalue weighted by atomic mass is 35.5. The van der Waals surface area contributed by atoms with E-state index in [0.717, 1.165) is 30.5 Å². The molecule has 116 valence electrons. The lowest BCUT2D eigenvalue weighted by molar-refractivity contribution is 0.235. The number of amides is 2. The van der Waals surface area contributed by atoms with Crippen molar-refractivity contribution in [2.75, 3.05) is 0 Å². The van der Waals surface area contributed by atoms with Gasteiger partial charge in [0.1, 0.15) is 0 Å². The second kappa shape index (κ2) is 6.40. The van der Waals surface area contributed by atoms with Crippen molar-refractivity contribution in [1.82, 2.24) is 20.2 Å². The quantitative estimate of drug-likeness (QED) is 0.914. The standard InChI is InChI=1S/C16H19ClN4O/c1-21-10-18-8-13(21)9-19-16(22)20-15-4-2-3-11-5-6-12(17)7-14(11)15/h5-8,10,15H,2-4,9H2,1H3,(H2,19,20,22)/t15-/m1/s1. The Morgan fingerprint density at radius 2 is 2.36 bits per heavy atom. The molecule has 2 aromatic rings. The van der Waals surface area contributed by atoms with Gasteiger partial charge in [-0.1, -0.05) is 17.7 Å². The largest absolute Gasteiger partial charge is 0.336 e. The zero-order valence-electron chi connectivity index (χ0n) is 12.5. The molecule has 0 radical (unpaired) electrons. The third kappa shape index (κ3) is 3.25. The Kier molecular flexibility index (Phi) is 4.34. The van der Waals surface area contributed by atoms with Gasteiger partial charge in [-0.15, -0.1) is 0 Å². The Hall–Kier alpha value is -2.01. The Bertz CT molecular complexity index is 683. The first-order valence-corrected chi connectivity index (χ1v) is 7.79. The SMILES string of the molecule is Cn1cncc1CNC(=O)N[C@@H]1CCCc2ccc(Cl)cc21. The molecule has 2 amide bonds. The topological polar surface area (TPSA) is 59.0 Å². The maximum atomic E-state index is 12.1. The molecule has 1 aliphatic carbocycles. The minimum Gasteiger partial charge on any atom is -0.336 e. The van der Waals surface area contributed by atoms with E-state index in [2.05, 4.69) is 21.7 Å². The molecule has 0 saturated heterocycles. The highest BCUT2D eigenvalue weighted by Crippen LogP contribution is 2.31. The van der Waals surface area contributed by atoms with E-state index in [0.29, 0.717) is 11.6 Å². The summed E-state index contributed by atoms with van der Waals surface area (Å²) in [7, 11) is 1.90. The Morgan fingerprint density at radius 1 is 1.50 bits per heavy atom. The van der Waals surface area contributed by atoms with Crippen LogP contribution >= 0.6 is 11.6 Å².